The zero-order chi connectivity index (χ0) is 17.3. The number of thiazole rings is 1. The summed E-state index contributed by atoms with van der Waals surface area (Å²) in [5.41, 5.74) is 0.636. The molecule has 126 valence electrons. The van der Waals surface area contributed by atoms with Crippen molar-refractivity contribution in [1.82, 2.24) is 9.88 Å². The molecule has 0 unspecified atom stereocenters. The van der Waals surface area contributed by atoms with Gasteiger partial charge in [-0.1, -0.05) is 18.5 Å². The first-order valence-electron chi connectivity index (χ1n) is 7.44. The fourth-order valence-corrected chi connectivity index (χ4v) is 3.80. The van der Waals surface area contributed by atoms with E-state index in [2.05, 4.69) is 22.1 Å². The van der Waals surface area contributed by atoms with Gasteiger partial charge in [-0.3, -0.25) is 25.1 Å². The summed E-state index contributed by atoms with van der Waals surface area (Å²) in [7, 11) is 0. The number of hydrogen-bond acceptors (Lipinski definition) is 6. The largest absolute Gasteiger partial charge is 0.298 e. The van der Waals surface area contributed by atoms with Crippen LogP contribution in [0.4, 0.5) is 10.8 Å². The molecule has 0 spiro atoms. The first-order valence-corrected chi connectivity index (χ1v) is 8.63. The highest BCUT2D eigenvalue weighted by Crippen LogP contribution is 2.29. The van der Waals surface area contributed by atoms with Gasteiger partial charge < -0.3 is 0 Å². The minimum absolute atomic E-state index is 0.0345. The van der Waals surface area contributed by atoms with Gasteiger partial charge in [-0.15, -0.1) is 11.3 Å². The summed E-state index contributed by atoms with van der Waals surface area (Å²) in [6, 6.07) is 3.97. The summed E-state index contributed by atoms with van der Waals surface area (Å²) in [5.74, 6) is -0.559. The van der Waals surface area contributed by atoms with Crippen LogP contribution in [0, 0.1) is 10.1 Å². The van der Waals surface area contributed by atoms with Crippen LogP contribution in [0.25, 0.3) is 0 Å². The molecule has 24 heavy (non-hydrogen) atoms. The maximum absolute atomic E-state index is 12.4. The fraction of sp³-hybridized carbons (Fsp3) is 0.333. The van der Waals surface area contributed by atoms with E-state index < -0.39 is 10.8 Å². The summed E-state index contributed by atoms with van der Waals surface area (Å²) in [5, 5.41) is 14.4. The molecule has 3 rings (SSSR count). The predicted octanol–water partition coefficient (Wildman–Crippen LogP) is 3.34. The number of nitrogens with one attached hydrogen (secondary N) is 1. The summed E-state index contributed by atoms with van der Waals surface area (Å²) >= 11 is 7.18. The van der Waals surface area contributed by atoms with E-state index in [1.54, 1.807) is 0 Å². The van der Waals surface area contributed by atoms with Crippen LogP contribution in [0.5, 0.6) is 0 Å². The number of carbonyl (C=O) groups excluding carboxylic acids is 1. The lowest BCUT2D eigenvalue weighted by molar-refractivity contribution is -0.385. The number of hydrogen-bond donors (Lipinski definition) is 1. The molecular weight excluding hydrogens is 352 g/mol. The number of fused-ring (bicyclic) bond motifs is 1. The van der Waals surface area contributed by atoms with E-state index in [0.29, 0.717) is 5.13 Å². The van der Waals surface area contributed by atoms with E-state index in [9.17, 15) is 14.9 Å². The molecule has 0 saturated heterocycles. The number of likely N-dealkylation sites (N-methyl/N-ethyl adjacent to an activating group) is 1. The summed E-state index contributed by atoms with van der Waals surface area (Å²) in [4.78, 5) is 30.7. The van der Waals surface area contributed by atoms with Crippen LogP contribution >= 0.6 is 22.9 Å². The van der Waals surface area contributed by atoms with Gasteiger partial charge in [-0.25, -0.2) is 4.98 Å². The van der Waals surface area contributed by atoms with E-state index in [1.807, 2.05) is 0 Å². The average molecular weight is 367 g/mol. The minimum Gasteiger partial charge on any atom is -0.298 e. The van der Waals surface area contributed by atoms with Crippen LogP contribution in [-0.2, 0) is 13.0 Å². The van der Waals surface area contributed by atoms with Crippen molar-refractivity contribution in [2.24, 2.45) is 0 Å². The third kappa shape index (κ3) is 3.40. The lowest BCUT2D eigenvalue weighted by atomic mass is 10.1. The van der Waals surface area contributed by atoms with Gasteiger partial charge in [-0.2, -0.15) is 0 Å². The number of aromatic nitrogens is 1. The molecule has 9 heteroatoms. The second-order valence-corrected chi connectivity index (χ2v) is 6.90. The van der Waals surface area contributed by atoms with Crippen LogP contribution in [0.1, 0.15) is 27.9 Å². The standard InChI is InChI=1S/C15H15ClN4O3S/c1-2-19-6-5-11-13(8-19)24-15(17-11)18-14(21)10-4-3-9(16)7-12(10)20(22)23/h3-4,7H,2,5-6,8H2,1H3,(H,17,18,21). The molecular formula is C15H15ClN4O3S. The number of rotatable bonds is 4. The van der Waals surface area contributed by atoms with Gasteiger partial charge in [0.25, 0.3) is 11.6 Å². The first-order chi connectivity index (χ1) is 11.5. The number of anilines is 1. The zero-order valence-electron chi connectivity index (χ0n) is 12.9. The van der Waals surface area contributed by atoms with Crippen molar-refractivity contribution in [3.63, 3.8) is 0 Å². The Morgan fingerprint density at radius 1 is 1.54 bits per heavy atom. The Morgan fingerprint density at radius 2 is 2.33 bits per heavy atom. The Morgan fingerprint density at radius 3 is 3.04 bits per heavy atom. The highest BCUT2D eigenvalue weighted by atomic mass is 35.5. The van der Waals surface area contributed by atoms with Gasteiger partial charge in [0.1, 0.15) is 5.56 Å². The molecule has 1 N–H and O–H groups in total. The first kappa shape index (κ1) is 16.8. The number of benzene rings is 1. The van der Waals surface area contributed by atoms with Gasteiger partial charge >= 0.3 is 0 Å². The summed E-state index contributed by atoms with van der Waals surface area (Å²) < 4.78 is 0. The van der Waals surface area contributed by atoms with Gasteiger partial charge in [0, 0.05) is 35.5 Å². The van der Waals surface area contributed by atoms with E-state index >= 15 is 0 Å². The molecule has 2 heterocycles. The fourth-order valence-electron chi connectivity index (χ4n) is 2.58. The van der Waals surface area contributed by atoms with E-state index in [0.717, 1.165) is 36.6 Å². The quantitative estimate of drug-likeness (QED) is 0.662. The van der Waals surface area contributed by atoms with Crippen molar-refractivity contribution < 1.29 is 9.72 Å². The lowest BCUT2D eigenvalue weighted by Crippen LogP contribution is -2.29. The van der Waals surface area contributed by atoms with Crippen LogP contribution in [0.3, 0.4) is 0 Å². The molecule has 1 aromatic carbocycles. The lowest BCUT2D eigenvalue weighted by Gasteiger charge is -2.23. The zero-order valence-corrected chi connectivity index (χ0v) is 14.5. The number of nitro benzene ring substituents is 1. The van der Waals surface area contributed by atoms with Gasteiger partial charge in [0.2, 0.25) is 0 Å². The molecule has 1 amide bonds. The minimum atomic E-state index is -0.618. The molecule has 0 fully saturated rings. The smallest absolute Gasteiger partial charge is 0.283 e. The van der Waals surface area contributed by atoms with Crippen LogP contribution < -0.4 is 5.32 Å². The third-order valence-electron chi connectivity index (χ3n) is 3.88. The average Bonchev–Trinajstić information content (AvgIpc) is 2.95. The monoisotopic (exact) mass is 366 g/mol. The number of amides is 1. The highest BCUT2D eigenvalue weighted by molar-refractivity contribution is 7.15. The maximum atomic E-state index is 12.4. The van der Waals surface area contributed by atoms with Crippen LogP contribution in [-0.4, -0.2) is 33.8 Å². The normalized spacial score (nSPS) is 14.2. The number of carbonyl (C=O) groups is 1. The van der Waals surface area contributed by atoms with Crippen LogP contribution in [0.2, 0.25) is 5.02 Å². The molecule has 2 aromatic rings. The van der Waals surface area contributed by atoms with Gasteiger partial charge in [0.05, 0.1) is 10.6 Å². The van der Waals surface area contributed by atoms with Crippen LogP contribution in [0.15, 0.2) is 18.2 Å². The molecule has 0 atom stereocenters. The van der Waals surface area contributed by atoms with Crippen molar-refractivity contribution in [2.45, 2.75) is 19.9 Å². The topological polar surface area (TPSA) is 88.4 Å². The second-order valence-electron chi connectivity index (χ2n) is 5.38. The molecule has 1 aliphatic heterocycles. The van der Waals surface area contributed by atoms with Gasteiger partial charge in [-0.05, 0) is 18.7 Å². The molecule has 7 nitrogen and oxygen atoms in total. The molecule has 0 bridgehead atoms. The molecule has 0 radical (unpaired) electrons. The second kappa shape index (κ2) is 6.84. The number of nitrogens with zero attached hydrogens (tertiary/aromatic N) is 3. The Bertz CT molecular complexity index is 808. The highest BCUT2D eigenvalue weighted by Gasteiger charge is 2.24. The van der Waals surface area contributed by atoms with Gasteiger partial charge in [0.15, 0.2) is 5.13 Å². The Labute approximate surface area is 147 Å². The number of nitro groups is 1. The predicted molar refractivity (Wildman–Crippen MR) is 92.8 cm³/mol. The summed E-state index contributed by atoms with van der Waals surface area (Å²) in [6.07, 6.45) is 0.844. The Hall–Kier alpha value is -2.03. The van der Waals surface area contributed by atoms with E-state index in [1.165, 1.54) is 29.5 Å². The molecule has 1 aliphatic rings. The molecule has 1 aromatic heterocycles. The molecule has 0 aliphatic carbocycles. The van der Waals surface area contributed by atoms with E-state index in [4.69, 9.17) is 11.6 Å². The van der Waals surface area contributed by atoms with Crippen molar-refractivity contribution in [2.75, 3.05) is 18.4 Å². The van der Waals surface area contributed by atoms with Crippen molar-refractivity contribution in [1.29, 1.82) is 0 Å². The maximum Gasteiger partial charge on any atom is 0.283 e. The van der Waals surface area contributed by atoms with E-state index in [-0.39, 0.29) is 16.3 Å². The Kier molecular flexibility index (Phi) is 4.79. The van der Waals surface area contributed by atoms with Crippen molar-refractivity contribution >= 4 is 39.7 Å². The SMILES string of the molecule is CCN1CCc2nc(NC(=O)c3ccc(Cl)cc3[N+](=O)[O-])sc2C1. The third-order valence-corrected chi connectivity index (χ3v) is 5.11. The number of halogens is 1. The van der Waals surface area contributed by atoms with Crippen molar-refractivity contribution in [3.8, 4) is 0 Å². The summed E-state index contributed by atoms with van der Waals surface area (Å²) in [6.45, 7) is 4.84. The Balaban J connectivity index is 1.81. The molecule has 0 saturated carbocycles. The van der Waals surface area contributed by atoms with Crippen molar-refractivity contribution in [3.05, 3.63) is 49.5 Å².